The molecule has 4 nitrogen and oxygen atoms in total. The van der Waals surface area contributed by atoms with Crippen molar-refractivity contribution in [3.63, 3.8) is 0 Å². The Morgan fingerprint density at radius 1 is 0.357 bits per heavy atom. The van der Waals surface area contributed by atoms with Crippen LogP contribution < -0.4 is 0 Å². The van der Waals surface area contributed by atoms with Crippen molar-refractivity contribution >= 4 is 31.6 Å². The maximum absolute atomic E-state index is 5.51. The van der Waals surface area contributed by atoms with Gasteiger partial charge in [-0.25, -0.2) is 19.9 Å². The third-order valence-electron chi connectivity index (χ3n) is 10.3. The molecule has 56 heavy (non-hydrogen) atoms. The van der Waals surface area contributed by atoms with Crippen LogP contribution in [0.3, 0.4) is 0 Å². The summed E-state index contributed by atoms with van der Waals surface area (Å²) in [7, 11) is 0. The van der Waals surface area contributed by atoms with Gasteiger partial charge in [-0.05, 0) is 58.5 Å². The van der Waals surface area contributed by atoms with Gasteiger partial charge in [-0.15, -0.1) is 11.3 Å². The van der Waals surface area contributed by atoms with E-state index in [2.05, 4.69) is 134 Å². The minimum absolute atomic E-state index is 0.625. The highest BCUT2D eigenvalue weighted by atomic mass is 32.1. The van der Waals surface area contributed by atoms with E-state index in [-0.39, 0.29) is 0 Å². The lowest BCUT2D eigenvalue weighted by atomic mass is 9.93. The van der Waals surface area contributed by atoms with Crippen LogP contribution in [0.25, 0.3) is 99.1 Å². The van der Waals surface area contributed by atoms with Crippen molar-refractivity contribution in [2.75, 3.05) is 0 Å². The van der Waals surface area contributed by atoms with Crippen molar-refractivity contribution in [3.05, 3.63) is 194 Å². The highest BCUT2D eigenvalue weighted by Gasteiger charge is 2.21. The topological polar surface area (TPSA) is 51.6 Å². The molecular weight excluding hydrogens is 701 g/mol. The third kappa shape index (κ3) is 6.24. The average molecular weight is 735 g/mol. The molecule has 3 aromatic heterocycles. The minimum Gasteiger partial charge on any atom is -0.246 e. The molecule has 0 spiro atoms. The van der Waals surface area contributed by atoms with Crippen LogP contribution in [0, 0.1) is 6.92 Å². The number of hydrogen-bond acceptors (Lipinski definition) is 5. The number of rotatable bonds is 7. The molecule has 0 unspecified atom stereocenters. The van der Waals surface area contributed by atoms with Crippen LogP contribution in [0.4, 0.5) is 0 Å². The summed E-state index contributed by atoms with van der Waals surface area (Å²) >= 11 is 1.79. The van der Waals surface area contributed by atoms with Crippen molar-refractivity contribution in [1.82, 2.24) is 19.9 Å². The molecule has 0 bridgehead atoms. The van der Waals surface area contributed by atoms with Gasteiger partial charge in [-0.1, -0.05) is 170 Å². The van der Waals surface area contributed by atoms with Gasteiger partial charge in [-0.2, -0.15) is 0 Å². The van der Waals surface area contributed by atoms with Crippen LogP contribution in [0.2, 0.25) is 0 Å². The molecular formula is C51H34N4S. The molecule has 0 atom stereocenters. The zero-order valence-electron chi connectivity index (χ0n) is 30.6. The van der Waals surface area contributed by atoms with E-state index in [0.717, 1.165) is 53.8 Å². The second-order valence-corrected chi connectivity index (χ2v) is 14.9. The summed E-state index contributed by atoms with van der Waals surface area (Å²) < 4.78 is 2.33. The lowest BCUT2D eigenvalue weighted by Crippen LogP contribution is -2.00. The van der Waals surface area contributed by atoms with Crippen LogP contribution in [0.15, 0.2) is 188 Å². The summed E-state index contributed by atoms with van der Waals surface area (Å²) in [6.45, 7) is 2.21. The number of hydrogen-bond donors (Lipinski definition) is 0. The van der Waals surface area contributed by atoms with Crippen LogP contribution in [-0.4, -0.2) is 19.9 Å². The lowest BCUT2D eigenvalue weighted by molar-refractivity contribution is 1.07. The Labute approximate surface area is 329 Å². The van der Waals surface area contributed by atoms with Gasteiger partial charge in [0.25, 0.3) is 0 Å². The molecule has 0 radical (unpaired) electrons. The molecule has 0 aliphatic heterocycles. The van der Waals surface area contributed by atoms with E-state index in [0.29, 0.717) is 17.5 Å². The molecule has 0 aliphatic rings. The molecule has 7 aromatic carbocycles. The van der Waals surface area contributed by atoms with E-state index < -0.39 is 0 Å². The Morgan fingerprint density at radius 3 is 1.25 bits per heavy atom. The first-order valence-electron chi connectivity index (χ1n) is 18.7. The van der Waals surface area contributed by atoms with Gasteiger partial charge >= 0.3 is 0 Å². The molecule has 10 aromatic rings. The fraction of sp³-hybridized carbons (Fsp3) is 0.0196. The van der Waals surface area contributed by atoms with Crippen molar-refractivity contribution in [2.24, 2.45) is 0 Å². The first-order valence-corrected chi connectivity index (χ1v) is 19.5. The Kier molecular flexibility index (Phi) is 8.55. The van der Waals surface area contributed by atoms with E-state index in [1.54, 1.807) is 11.3 Å². The van der Waals surface area contributed by atoms with Crippen LogP contribution in [0.5, 0.6) is 0 Å². The molecule has 10 rings (SSSR count). The van der Waals surface area contributed by atoms with Gasteiger partial charge in [0.15, 0.2) is 17.5 Å². The lowest BCUT2D eigenvalue weighted by Gasteiger charge is -2.14. The Morgan fingerprint density at radius 2 is 0.750 bits per heavy atom. The summed E-state index contributed by atoms with van der Waals surface area (Å²) in [5.74, 6) is 1.90. The summed E-state index contributed by atoms with van der Waals surface area (Å²) in [4.78, 5) is 20.5. The number of aromatic nitrogens is 4. The number of fused-ring (bicyclic) bond motifs is 3. The third-order valence-corrected chi connectivity index (χ3v) is 11.5. The maximum Gasteiger partial charge on any atom is 0.164 e. The van der Waals surface area contributed by atoms with E-state index in [1.807, 2.05) is 60.7 Å². The summed E-state index contributed by atoms with van der Waals surface area (Å²) in [6.07, 6.45) is 0. The molecule has 0 amide bonds. The van der Waals surface area contributed by atoms with Crippen molar-refractivity contribution in [2.45, 2.75) is 6.92 Å². The maximum atomic E-state index is 5.51. The van der Waals surface area contributed by atoms with Crippen LogP contribution in [-0.2, 0) is 0 Å². The van der Waals surface area contributed by atoms with E-state index in [9.17, 15) is 0 Å². The van der Waals surface area contributed by atoms with Crippen LogP contribution >= 0.6 is 11.3 Å². The highest BCUT2D eigenvalue weighted by molar-refractivity contribution is 7.26. The Bertz CT molecular complexity index is 2920. The van der Waals surface area contributed by atoms with Gasteiger partial charge in [0.05, 0.1) is 15.9 Å². The predicted molar refractivity (Wildman–Crippen MR) is 233 cm³/mol. The van der Waals surface area contributed by atoms with Crippen LogP contribution in [0.1, 0.15) is 5.56 Å². The van der Waals surface area contributed by atoms with Gasteiger partial charge < -0.3 is 0 Å². The molecule has 0 saturated carbocycles. The Hall–Kier alpha value is -7.08. The molecule has 5 heteroatoms. The second kappa shape index (κ2) is 14.3. The van der Waals surface area contributed by atoms with Gasteiger partial charge in [0.1, 0.15) is 0 Å². The summed E-state index contributed by atoms with van der Waals surface area (Å²) in [6, 6.07) is 65.5. The summed E-state index contributed by atoms with van der Waals surface area (Å²) in [5, 5.41) is 1.08. The van der Waals surface area contributed by atoms with E-state index >= 15 is 0 Å². The smallest absolute Gasteiger partial charge is 0.164 e. The largest absolute Gasteiger partial charge is 0.246 e. The molecule has 264 valence electrons. The molecule has 3 heterocycles. The van der Waals surface area contributed by atoms with Crippen molar-refractivity contribution in [1.29, 1.82) is 0 Å². The van der Waals surface area contributed by atoms with E-state index in [4.69, 9.17) is 19.9 Å². The first-order chi connectivity index (χ1) is 27.7. The Balaban J connectivity index is 1.16. The number of pyridine rings is 1. The monoisotopic (exact) mass is 734 g/mol. The second-order valence-electron chi connectivity index (χ2n) is 13.9. The molecule has 0 saturated heterocycles. The SMILES string of the molecule is Cc1c(-c2ccc(-c3ccccc3)cc2)nc2c(sc3ccc(-c4nc(-c5ccccc5)nc(-c5ccccc5)n4)cc32)c1-c1ccc(-c2ccccc2)cc1. The minimum atomic E-state index is 0.625. The fourth-order valence-corrected chi connectivity index (χ4v) is 8.71. The predicted octanol–water partition coefficient (Wildman–Crippen LogP) is 13.6. The van der Waals surface area contributed by atoms with Crippen molar-refractivity contribution in [3.8, 4) is 78.8 Å². The fourth-order valence-electron chi connectivity index (χ4n) is 7.47. The molecule has 0 aliphatic carbocycles. The standard InChI is InChI=1S/C51H34N4S/c1-33-45(38-26-22-36(23-27-38)34-14-6-2-7-15-34)48-47(52-46(33)39-28-24-37(25-29-39)35-16-8-3-9-17-35)43-32-42(30-31-44(43)56-48)51-54-49(40-18-10-4-11-19-40)53-50(55-51)41-20-12-5-13-21-41/h2-32H,1H3. The van der Waals surface area contributed by atoms with Crippen molar-refractivity contribution < 1.29 is 0 Å². The van der Waals surface area contributed by atoms with Gasteiger partial charge in [0.2, 0.25) is 0 Å². The molecule has 0 N–H and O–H groups in total. The number of benzene rings is 7. The number of thiophene rings is 1. The average Bonchev–Trinajstić information content (AvgIpc) is 3.64. The zero-order chi connectivity index (χ0) is 37.4. The van der Waals surface area contributed by atoms with Gasteiger partial charge in [-0.3, -0.25) is 0 Å². The zero-order valence-corrected chi connectivity index (χ0v) is 31.4. The van der Waals surface area contributed by atoms with E-state index in [1.165, 1.54) is 33.4 Å². The normalized spacial score (nSPS) is 11.3. The highest BCUT2D eigenvalue weighted by Crippen LogP contribution is 2.45. The number of nitrogens with zero attached hydrogens (tertiary/aromatic N) is 4. The first kappa shape index (κ1) is 33.5. The molecule has 0 fully saturated rings. The quantitative estimate of drug-likeness (QED) is 0.164. The summed E-state index contributed by atoms with van der Waals surface area (Å²) in [5.41, 5.74) is 14.1. The van der Waals surface area contributed by atoms with Gasteiger partial charge in [0, 0.05) is 37.9 Å².